The van der Waals surface area contributed by atoms with Crippen molar-refractivity contribution in [3.05, 3.63) is 77.9 Å². The number of benzene rings is 2. The Kier molecular flexibility index (Phi) is 6.94. The molecule has 2 aromatic rings. The number of rotatable bonds is 7. The van der Waals surface area contributed by atoms with Crippen LogP contribution in [0.25, 0.3) is 0 Å². The average Bonchev–Trinajstić information content (AvgIpc) is 3.06. The Morgan fingerprint density at radius 3 is 2.77 bits per heavy atom. The smallest absolute Gasteiger partial charge is 0.416 e. The fraction of sp³-hybridized carbons (Fsp3) is 0.190. The van der Waals surface area contributed by atoms with E-state index in [0.717, 1.165) is 23.9 Å². The number of para-hydroxylation sites is 1. The third-order valence-corrected chi connectivity index (χ3v) is 5.15. The highest BCUT2D eigenvalue weighted by atomic mass is 32.2. The van der Waals surface area contributed by atoms with Crippen molar-refractivity contribution in [2.45, 2.75) is 17.8 Å². The van der Waals surface area contributed by atoms with Crippen molar-refractivity contribution in [3.63, 3.8) is 0 Å². The van der Waals surface area contributed by atoms with Gasteiger partial charge in [-0.05, 0) is 30.2 Å². The molecule has 0 spiro atoms. The van der Waals surface area contributed by atoms with Crippen LogP contribution in [-0.2, 0) is 17.4 Å². The molecular formula is C21H18F3N3O2S. The first kappa shape index (κ1) is 21.6. The molecule has 1 fully saturated rings. The molecule has 9 heteroatoms. The molecule has 1 aliphatic rings. The monoisotopic (exact) mass is 433 g/mol. The molecule has 1 unspecified atom stereocenters. The number of carbonyl (C=O) groups is 1. The summed E-state index contributed by atoms with van der Waals surface area (Å²) in [6.07, 6.45) is -1.14. The molecule has 1 saturated heterocycles. The third-order valence-electron chi connectivity index (χ3n) is 4.07. The second kappa shape index (κ2) is 9.62. The van der Waals surface area contributed by atoms with Gasteiger partial charge in [-0.25, -0.2) is 0 Å². The zero-order valence-corrected chi connectivity index (χ0v) is 16.5. The van der Waals surface area contributed by atoms with E-state index >= 15 is 0 Å². The van der Waals surface area contributed by atoms with Gasteiger partial charge < -0.3 is 10.1 Å². The molecule has 0 aliphatic carbocycles. The molecule has 1 aliphatic heterocycles. The molecule has 0 aromatic heterocycles. The van der Waals surface area contributed by atoms with Gasteiger partial charge in [-0.3, -0.25) is 4.79 Å². The van der Waals surface area contributed by atoms with E-state index in [2.05, 4.69) is 22.1 Å². The van der Waals surface area contributed by atoms with Crippen LogP contribution < -0.4 is 10.1 Å². The number of alkyl halides is 3. The summed E-state index contributed by atoms with van der Waals surface area (Å²) in [5.41, 5.74) is 0.397. The highest BCUT2D eigenvalue weighted by Gasteiger charge is 2.33. The van der Waals surface area contributed by atoms with Crippen LogP contribution in [0.15, 0.2) is 71.4 Å². The molecule has 0 saturated carbocycles. The Hall–Kier alpha value is -3.07. The number of halogens is 3. The van der Waals surface area contributed by atoms with Crippen LogP contribution in [0.2, 0.25) is 0 Å². The molecule has 1 heterocycles. The number of amidine groups is 1. The van der Waals surface area contributed by atoms with E-state index in [-0.39, 0.29) is 17.5 Å². The lowest BCUT2D eigenvalue weighted by molar-refractivity contribution is -0.137. The standard InChI is InChI=1S/C21H18F3N3O2S/c1-2-10-29-17-9-4-3-7-15(17)13-25-27-20-26-19(28)18(30-20)12-14-6-5-8-16(11-14)21(22,23)24/h2-9,11,13,18H,1,10,12H2,(H,26,27,28)/b25-13+. The first-order chi connectivity index (χ1) is 14.4. The molecule has 2 aromatic carbocycles. The van der Waals surface area contributed by atoms with E-state index in [4.69, 9.17) is 4.74 Å². The maximum absolute atomic E-state index is 12.9. The van der Waals surface area contributed by atoms with Gasteiger partial charge in [0.25, 0.3) is 0 Å². The van der Waals surface area contributed by atoms with E-state index in [1.165, 1.54) is 12.3 Å². The largest absolute Gasteiger partial charge is 0.489 e. The van der Waals surface area contributed by atoms with Gasteiger partial charge in [0.2, 0.25) is 5.91 Å². The van der Waals surface area contributed by atoms with Crippen LogP contribution in [0.4, 0.5) is 13.2 Å². The molecule has 1 amide bonds. The van der Waals surface area contributed by atoms with Crippen LogP contribution in [0.3, 0.4) is 0 Å². The third kappa shape index (κ3) is 5.73. The van der Waals surface area contributed by atoms with Gasteiger partial charge in [0.15, 0.2) is 5.17 Å². The minimum absolute atomic E-state index is 0.154. The Labute approximate surface area is 175 Å². The van der Waals surface area contributed by atoms with Crippen LogP contribution >= 0.6 is 11.8 Å². The molecule has 156 valence electrons. The van der Waals surface area contributed by atoms with Crippen molar-refractivity contribution in [1.29, 1.82) is 0 Å². The van der Waals surface area contributed by atoms with Crippen LogP contribution in [-0.4, -0.2) is 29.1 Å². The van der Waals surface area contributed by atoms with E-state index in [0.29, 0.717) is 23.5 Å². The maximum atomic E-state index is 12.9. The average molecular weight is 433 g/mol. The van der Waals surface area contributed by atoms with Crippen molar-refractivity contribution in [2.24, 2.45) is 10.2 Å². The predicted octanol–water partition coefficient (Wildman–Crippen LogP) is 4.43. The molecule has 3 rings (SSSR count). The molecule has 1 atom stereocenters. The van der Waals surface area contributed by atoms with Crippen molar-refractivity contribution < 1.29 is 22.7 Å². The molecule has 0 bridgehead atoms. The highest BCUT2D eigenvalue weighted by Crippen LogP contribution is 2.31. The summed E-state index contributed by atoms with van der Waals surface area (Å²) < 4.78 is 44.1. The van der Waals surface area contributed by atoms with Crippen LogP contribution in [0.5, 0.6) is 5.75 Å². The number of thioether (sulfide) groups is 1. The molecule has 5 nitrogen and oxygen atoms in total. The van der Waals surface area contributed by atoms with Gasteiger partial charge in [-0.1, -0.05) is 54.7 Å². The number of hydrogen-bond donors (Lipinski definition) is 1. The lowest BCUT2D eigenvalue weighted by Crippen LogP contribution is -2.26. The van der Waals surface area contributed by atoms with Gasteiger partial charge in [-0.2, -0.15) is 18.3 Å². The van der Waals surface area contributed by atoms with Gasteiger partial charge in [0.05, 0.1) is 17.0 Å². The number of nitrogens with one attached hydrogen (secondary N) is 1. The Morgan fingerprint density at radius 2 is 2.00 bits per heavy atom. The van der Waals surface area contributed by atoms with Crippen molar-refractivity contribution in [2.75, 3.05) is 6.61 Å². The number of nitrogens with zero attached hydrogens (tertiary/aromatic N) is 2. The van der Waals surface area contributed by atoms with Gasteiger partial charge in [0, 0.05) is 5.56 Å². The first-order valence-corrected chi connectivity index (χ1v) is 9.82. The lowest BCUT2D eigenvalue weighted by atomic mass is 10.1. The maximum Gasteiger partial charge on any atom is 0.416 e. The van der Waals surface area contributed by atoms with Gasteiger partial charge in [-0.15, -0.1) is 5.10 Å². The van der Waals surface area contributed by atoms with E-state index < -0.39 is 17.0 Å². The van der Waals surface area contributed by atoms with Crippen LogP contribution in [0, 0.1) is 0 Å². The predicted molar refractivity (Wildman–Crippen MR) is 112 cm³/mol. The summed E-state index contributed by atoms with van der Waals surface area (Å²) in [4.78, 5) is 12.2. The zero-order chi connectivity index (χ0) is 21.6. The normalized spacial score (nSPS) is 18.0. The van der Waals surface area contributed by atoms with Gasteiger partial charge in [0.1, 0.15) is 12.4 Å². The number of amides is 1. The minimum atomic E-state index is -4.42. The number of ether oxygens (including phenoxy) is 1. The fourth-order valence-corrected chi connectivity index (χ4v) is 3.65. The number of carbonyl (C=O) groups excluding carboxylic acids is 1. The first-order valence-electron chi connectivity index (χ1n) is 8.94. The SMILES string of the molecule is C=CCOc1ccccc1/C=N/N=C1\NC(=O)C(Cc2cccc(C(F)(F)F)c2)S1. The Bertz CT molecular complexity index is 989. The lowest BCUT2D eigenvalue weighted by Gasteiger charge is -2.10. The van der Waals surface area contributed by atoms with E-state index in [1.54, 1.807) is 24.3 Å². The van der Waals surface area contributed by atoms with Gasteiger partial charge >= 0.3 is 6.18 Å². The molecule has 0 radical (unpaired) electrons. The molecule has 1 N–H and O–H groups in total. The summed E-state index contributed by atoms with van der Waals surface area (Å²) in [5.74, 6) is 0.299. The second-order valence-electron chi connectivity index (χ2n) is 6.29. The molecule has 30 heavy (non-hydrogen) atoms. The summed E-state index contributed by atoms with van der Waals surface area (Å²) in [6.45, 7) is 3.95. The van der Waals surface area contributed by atoms with Crippen molar-refractivity contribution in [1.82, 2.24) is 5.32 Å². The topological polar surface area (TPSA) is 63.1 Å². The highest BCUT2D eigenvalue weighted by molar-refractivity contribution is 8.15. The van der Waals surface area contributed by atoms with E-state index in [1.807, 2.05) is 12.1 Å². The summed E-state index contributed by atoms with van der Waals surface area (Å²) >= 11 is 1.13. The number of hydrogen-bond acceptors (Lipinski definition) is 5. The summed E-state index contributed by atoms with van der Waals surface area (Å²) in [5, 5.41) is 10.3. The van der Waals surface area contributed by atoms with E-state index in [9.17, 15) is 18.0 Å². The van der Waals surface area contributed by atoms with Crippen LogP contribution in [0.1, 0.15) is 16.7 Å². The Balaban J connectivity index is 1.65. The van der Waals surface area contributed by atoms with Crippen molar-refractivity contribution in [3.8, 4) is 5.75 Å². The van der Waals surface area contributed by atoms with Crippen molar-refractivity contribution >= 4 is 29.1 Å². The quantitative estimate of drug-likeness (QED) is 0.399. The zero-order valence-electron chi connectivity index (χ0n) is 15.7. The molecular weight excluding hydrogens is 415 g/mol. The summed E-state index contributed by atoms with van der Waals surface area (Å²) in [7, 11) is 0. The second-order valence-corrected chi connectivity index (χ2v) is 7.48. The Morgan fingerprint density at radius 1 is 1.20 bits per heavy atom. The minimum Gasteiger partial charge on any atom is -0.489 e. The fourth-order valence-electron chi connectivity index (χ4n) is 2.69. The summed E-state index contributed by atoms with van der Waals surface area (Å²) in [6, 6.07) is 12.2.